The number of esters is 1. The molecule has 2 N–H and O–H groups in total. The minimum Gasteiger partial charge on any atom is -0.454 e. The summed E-state index contributed by atoms with van der Waals surface area (Å²) in [5, 5.41) is 5.06. The molecule has 8 nitrogen and oxygen atoms in total. The van der Waals surface area contributed by atoms with Gasteiger partial charge in [0.05, 0.1) is 0 Å². The number of hydrogen-bond donors (Lipinski definition) is 2. The average Bonchev–Trinajstić information content (AvgIpc) is 2.75. The van der Waals surface area contributed by atoms with Crippen LogP contribution in [-0.2, 0) is 19.1 Å². The second-order valence-electron chi connectivity index (χ2n) is 5.89. The van der Waals surface area contributed by atoms with Crippen LogP contribution in [0.1, 0.15) is 13.8 Å². The lowest BCUT2D eigenvalue weighted by Crippen LogP contribution is -2.41. The second-order valence-corrected chi connectivity index (χ2v) is 6.77. The number of ether oxygens (including phenoxy) is 1. The molecular weight excluding hydrogens is 346 g/mol. The first-order chi connectivity index (χ1) is 11.7. The molecule has 1 aliphatic heterocycles. The van der Waals surface area contributed by atoms with E-state index < -0.39 is 42.5 Å². The van der Waals surface area contributed by atoms with E-state index in [2.05, 4.69) is 10.6 Å². The number of nitrogens with zero attached hydrogens (tertiary/aromatic N) is 1. The van der Waals surface area contributed by atoms with E-state index in [0.29, 0.717) is 5.69 Å². The zero-order valence-corrected chi connectivity index (χ0v) is 14.9. The molecule has 0 bridgehead atoms. The lowest BCUT2D eigenvalue weighted by molar-refractivity contribution is -0.150. The van der Waals surface area contributed by atoms with Crippen LogP contribution in [0.15, 0.2) is 29.2 Å². The monoisotopic (exact) mass is 365 g/mol. The second kappa shape index (κ2) is 7.56. The SMILES string of the molecule is CSc1cccc(NC(=O)COC(=O)CN2C(=O)NC(C)(C)C2=O)c1. The summed E-state index contributed by atoms with van der Waals surface area (Å²) in [6, 6.07) is 6.55. The number of nitrogens with one attached hydrogen (secondary N) is 2. The Morgan fingerprint density at radius 3 is 2.64 bits per heavy atom. The summed E-state index contributed by atoms with van der Waals surface area (Å²) >= 11 is 1.53. The minimum absolute atomic E-state index is 0.505. The van der Waals surface area contributed by atoms with Gasteiger partial charge in [-0.25, -0.2) is 4.79 Å². The van der Waals surface area contributed by atoms with Gasteiger partial charge in [-0.2, -0.15) is 0 Å². The molecule has 0 atom stereocenters. The van der Waals surface area contributed by atoms with Crippen LogP contribution in [0.25, 0.3) is 0 Å². The van der Waals surface area contributed by atoms with Crippen molar-refractivity contribution >= 4 is 41.3 Å². The van der Waals surface area contributed by atoms with Gasteiger partial charge < -0.3 is 15.4 Å². The number of urea groups is 1. The number of anilines is 1. The van der Waals surface area contributed by atoms with Crippen molar-refractivity contribution in [2.24, 2.45) is 0 Å². The molecule has 4 amide bonds. The standard InChI is InChI=1S/C16H19N3O5S/c1-16(2)14(22)19(15(23)18-16)8-13(21)24-9-12(20)17-10-5-4-6-11(7-10)25-3/h4-7H,8-9H2,1-3H3,(H,17,20)(H,18,23). The Balaban J connectivity index is 1.82. The summed E-state index contributed by atoms with van der Waals surface area (Å²) in [5.74, 6) is -1.87. The Kier molecular flexibility index (Phi) is 5.68. The van der Waals surface area contributed by atoms with E-state index in [1.807, 2.05) is 12.3 Å². The number of benzene rings is 1. The predicted octanol–water partition coefficient (Wildman–Crippen LogP) is 1.22. The first kappa shape index (κ1) is 18.8. The molecule has 9 heteroatoms. The van der Waals surface area contributed by atoms with Crippen molar-refractivity contribution in [3.63, 3.8) is 0 Å². The maximum absolute atomic E-state index is 12.0. The Bertz CT molecular complexity index is 719. The Morgan fingerprint density at radius 1 is 1.32 bits per heavy atom. The van der Waals surface area contributed by atoms with Crippen LogP contribution in [0.3, 0.4) is 0 Å². The maximum Gasteiger partial charge on any atom is 0.326 e. The highest BCUT2D eigenvalue weighted by Gasteiger charge is 2.45. The van der Waals surface area contributed by atoms with Crippen molar-refractivity contribution < 1.29 is 23.9 Å². The zero-order chi connectivity index (χ0) is 18.6. The molecule has 0 aliphatic carbocycles. The smallest absolute Gasteiger partial charge is 0.326 e. The summed E-state index contributed by atoms with van der Waals surface area (Å²) < 4.78 is 4.83. The molecule has 0 unspecified atom stereocenters. The number of carbonyl (C=O) groups is 4. The Morgan fingerprint density at radius 2 is 2.04 bits per heavy atom. The van der Waals surface area contributed by atoms with Crippen LogP contribution in [0.5, 0.6) is 0 Å². The fourth-order valence-electron chi connectivity index (χ4n) is 2.18. The van der Waals surface area contributed by atoms with Crippen LogP contribution in [-0.4, -0.2) is 53.7 Å². The van der Waals surface area contributed by atoms with E-state index in [0.717, 1.165) is 9.80 Å². The molecular formula is C16H19N3O5S. The van der Waals surface area contributed by atoms with Gasteiger partial charge in [0, 0.05) is 10.6 Å². The first-order valence-electron chi connectivity index (χ1n) is 7.46. The highest BCUT2D eigenvalue weighted by Crippen LogP contribution is 2.19. The van der Waals surface area contributed by atoms with Gasteiger partial charge in [0.15, 0.2) is 6.61 Å². The predicted molar refractivity (Wildman–Crippen MR) is 92.1 cm³/mol. The van der Waals surface area contributed by atoms with Gasteiger partial charge in [-0.1, -0.05) is 6.07 Å². The highest BCUT2D eigenvalue weighted by atomic mass is 32.2. The quantitative estimate of drug-likeness (QED) is 0.446. The van der Waals surface area contributed by atoms with Gasteiger partial charge in [-0.15, -0.1) is 11.8 Å². The number of amides is 4. The van der Waals surface area contributed by atoms with Gasteiger partial charge in [0.2, 0.25) is 0 Å². The van der Waals surface area contributed by atoms with E-state index in [9.17, 15) is 19.2 Å². The van der Waals surface area contributed by atoms with E-state index in [1.165, 1.54) is 25.6 Å². The molecule has 25 heavy (non-hydrogen) atoms. The summed E-state index contributed by atoms with van der Waals surface area (Å²) in [6.45, 7) is 2.03. The third-order valence-electron chi connectivity index (χ3n) is 3.45. The van der Waals surface area contributed by atoms with Crippen LogP contribution >= 0.6 is 11.8 Å². The van der Waals surface area contributed by atoms with Gasteiger partial charge in [0.25, 0.3) is 11.8 Å². The summed E-state index contributed by atoms with van der Waals surface area (Å²) in [4.78, 5) is 49.0. The van der Waals surface area contributed by atoms with Gasteiger partial charge >= 0.3 is 12.0 Å². The van der Waals surface area contributed by atoms with Crippen LogP contribution in [0.4, 0.5) is 10.5 Å². The lowest BCUT2D eigenvalue weighted by Gasteiger charge is -2.15. The van der Waals surface area contributed by atoms with Crippen molar-refractivity contribution in [2.75, 3.05) is 24.7 Å². The van der Waals surface area contributed by atoms with E-state index in [-0.39, 0.29) is 0 Å². The molecule has 1 fully saturated rings. The van der Waals surface area contributed by atoms with Gasteiger partial charge in [0.1, 0.15) is 12.1 Å². The topological polar surface area (TPSA) is 105 Å². The molecule has 0 saturated carbocycles. The average molecular weight is 365 g/mol. The normalized spacial score (nSPS) is 15.7. The molecule has 1 aromatic rings. The fourth-order valence-corrected chi connectivity index (χ4v) is 2.64. The van der Waals surface area contributed by atoms with E-state index in [1.54, 1.807) is 18.2 Å². The molecule has 134 valence electrons. The lowest BCUT2D eigenvalue weighted by atomic mass is 10.1. The van der Waals surface area contributed by atoms with Crippen LogP contribution in [0.2, 0.25) is 0 Å². The molecule has 1 saturated heterocycles. The van der Waals surface area contributed by atoms with Gasteiger partial charge in [-0.05, 0) is 38.3 Å². The molecule has 0 aromatic heterocycles. The third-order valence-corrected chi connectivity index (χ3v) is 4.17. The largest absolute Gasteiger partial charge is 0.454 e. The first-order valence-corrected chi connectivity index (χ1v) is 8.69. The number of hydrogen-bond acceptors (Lipinski definition) is 6. The highest BCUT2D eigenvalue weighted by molar-refractivity contribution is 7.98. The molecule has 1 aromatic carbocycles. The maximum atomic E-state index is 12.0. The molecule has 0 radical (unpaired) electrons. The Labute approximate surface area is 149 Å². The number of imide groups is 1. The minimum atomic E-state index is -1.06. The van der Waals surface area contributed by atoms with Crippen molar-refractivity contribution in [2.45, 2.75) is 24.3 Å². The molecule has 1 aliphatic rings. The summed E-state index contributed by atoms with van der Waals surface area (Å²) in [6.07, 6.45) is 1.92. The van der Waals surface area contributed by atoms with E-state index in [4.69, 9.17) is 4.74 Å². The van der Waals surface area contributed by atoms with Gasteiger partial charge in [-0.3, -0.25) is 19.3 Å². The summed E-state index contributed by atoms with van der Waals surface area (Å²) in [7, 11) is 0. The van der Waals surface area contributed by atoms with Crippen molar-refractivity contribution in [1.82, 2.24) is 10.2 Å². The Hall–Kier alpha value is -2.55. The number of thioether (sulfide) groups is 1. The fraction of sp³-hybridized carbons (Fsp3) is 0.375. The third kappa shape index (κ3) is 4.72. The van der Waals surface area contributed by atoms with Crippen LogP contribution in [0, 0.1) is 0 Å². The van der Waals surface area contributed by atoms with Crippen molar-refractivity contribution in [3.8, 4) is 0 Å². The molecule has 2 rings (SSSR count). The van der Waals surface area contributed by atoms with E-state index >= 15 is 0 Å². The molecule has 0 spiro atoms. The van der Waals surface area contributed by atoms with Crippen LogP contribution < -0.4 is 10.6 Å². The zero-order valence-electron chi connectivity index (χ0n) is 14.1. The molecule has 1 heterocycles. The van der Waals surface area contributed by atoms with Crippen molar-refractivity contribution in [1.29, 1.82) is 0 Å². The number of carbonyl (C=O) groups excluding carboxylic acids is 4. The number of rotatable bonds is 6. The van der Waals surface area contributed by atoms with Crippen molar-refractivity contribution in [3.05, 3.63) is 24.3 Å². The summed E-state index contributed by atoms with van der Waals surface area (Å²) in [5.41, 5.74) is -0.472.